The molecule has 124 valence electrons. The molecule has 4 rings (SSSR count). The standard InChI is InChI=1S/C23H24BN/c1-15-9-16(2)11-20(10-15)23-21-8-7-18(12-17-5-3-4-6-17)13-19(21)14-22(24)25-23/h7-11,13-14,17H,3-6,12H2,1-2H3. The minimum atomic E-state index is 0.597. The fourth-order valence-electron chi connectivity index (χ4n) is 4.33. The number of nitrogens with zero attached hydrogens (tertiary/aromatic N) is 1. The quantitative estimate of drug-likeness (QED) is 0.614. The summed E-state index contributed by atoms with van der Waals surface area (Å²) in [4.78, 5) is 4.66. The van der Waals surface area contributed by atoms with E-state index in [1.807, 2.05) is 6.07 Å². The van der Waals surface area contributed by atoms with Crippen molar-refractivity contribution in [3.8, 4) is 11.3 Å². The van der Waals surface area contributed by atoms with Gasteiger partial charge in [0.2, 0.25) is 0 Å². The number of pyridine rings is 1. The second-order valence-corrected chi connectivity index (χ2v) is 7.68. The van der Waals surface area contributed by atoms with E-state index in [1.165, 1.54) is 59.6 Å². The van der Waals surface area contributed by atoms with Crippen molar-refractivity contribution in [3.05, 3.63) is 59.2 Å². The van der Waals surface area contributed by atoms with E-state index in [9.17, 15) is 0 Å². The summed E-state index contributed by atoms with van der Waals surface area (Å²) in [6, 6.07) is 15.4. The lowest BCUT2D eigenvalue weighted by atomic mass is 9.92. The van der Waals surface area contributed by atoms with Crippen LogP contribution < -0.4 is 5.59 Å². The Hall–Kier alpha value is -2.09. The molecule has 3 aromatic rings. The average Bonchev–Trinajstić information content (AvgIpc) is 3.05. The molecule has 1 nitrogen and oxygen atoms in total. The minimum Gasteiger partial charge on any atom is -0.264 e. The molecule has 0 saturated heterocycles. The molecule has 1 fully saturated rings. The summed E-state index contributed by atoms with van der Waals surface area (Å²) in [5, 5.41) is 2.39. The normalized spacial score (nSPS) is 15.1. The molecule has 1 heterocycles. The summed E-state index contributed by atoms with van der Waals surface area (Å²) in [6.45, 7) is 4.26. The number of aryl methyl sites for hydroxylation is 2. The SMILES string of the molecule is [B]c1cc2cc(CC3CCCC3)ccc2c(-c2cc(C)cc(C)c2)n1. The zero-order valence-electron chi connectivity index (χ0n) is 15.2. The highest BCUT2D eigenvalue weighted by Gasteiger charge is 2.16. The van der Waals surface area contributed by atoms with Crippen LogP contribution in [0.3, 0.4) is 0 Å². The van der Waals surface area contributed by atoms with E-state index in [0.717, 1.165) is 17.2 Å². The van der Waals surface area contributed by atoms with Crippen molar-refractivity contribution in [1.82, 2.24) is 4.98 Å². The van der Waals surface area contributed by atoms with E-state index in [4.69, 9.17) is 7.85 Å². The van der Waals surface area contributed by atoms with E-state index in [-0.39, 0.29) is 0 Å². The van der Waals surface area contributed by atoms with Crippen molar-refractivity contribution < 1.29 is 0 Å². The molecule has 2 radical (unpaired) electrons. The van der Waals surface area contributed by atoms with Gasteiger partial charge in [0.15, 0.2) is 0 Å². The third-order valence-corrected chi connectivity index (χ3v) is 5.41. The predicted octanol–water partition coefficient (Wildman–Crippen LogP) is 5.05. The molecule has 2 heteroatoms. The van der Waals surface area contributed by atoms with Crippen LogP contribution in [0.25, 0.3) is 22.0 Å². The van der Waals surface area contributed by atoms with Crippen molar-refractivity contribution in [2.24, 2.45) is 5.92 Å². The topological polar surface area (TPSA) is 12.9 Å². The summed E-state index contributed by atoms with van der Waals surface area (Å²) < 4.78 is 0. The lowest BCUT2D eigenvalue weighted by Gasteiger charge is -2.13. The lowest BCUT2D eigenvalue weighted by molar-refractivity contribution is 0.547. The molecule has 0 amide bonds. The van der Waals surface area contributed by atoms with Gasteiger partial charge in [-0.25, -0.2) is 0 Å². The fraction of sp³-hybridized carbons (Fsp3) is 0.348. The highest BCUT2D eigenvalue weighted by molar-refractivity contribution is 6.32. The molecule has 0 spiro atoms. The van der Waals surface area contributed by atoms with Crippen LogP contribution in [0.15, 0.2) is 42.5 Å². The Balaban J connectivity index is 1.79. The third kappa shape index (κ3) is 3.49. The zero-order chi connectivity index (χ0) is 17.4. The monoisotopic (exact) mass is 325 g/mol. The minimum absolute atomic E-state index is 0.597. The van der Waals surface area contributed by atoms with Crippen LogP contribution in [-0.2, 0) is 6.42 Å². The van der Waals surface area contributed by atoms with E-state index >= 15 is 0 Å². The Kier molecular flexibility index (Phi) is 4.37. The van der Waals surface area contributed by atoms with Gasteiger partial charge < -0.3 is 0 Å². The summed E-state index contributed by atoms with van der Waals surface area (Å²) in [6.07, 6.45) is 6.74. The first kappa shape index (κ1) is 16.4. The number of fused-ring (bicyclic) bond motifs is 1. The maximum absolute atomic E-state index is 6.14. The first-order chi connectivity index (χ1) is 12.1. The smallest absolute Gasteiger partial charge is 0.141 e. The number of aromatic nitrogens is 1. The largest absolute Gasteiger partial charge is 0.264 e. The Bertz CT molecular complexity index is 903. The van der Waals surface area contributed by atoms with Gasteiger partial charge in [-0.3, -0.25) is 4.98 Å². The molecule has 0 aliphatic heterocycles. The Morgan fingerprint density at radius 2 is 1.68 bits per heavy atom. The van der Waals surface area contributed by atoms with E-state index in [0.29, 0.717) is 5.59 Å². The van der Waals surface area contributed by atoms with Gasteiger partial charge in [0.05, 0.1) is 5.69 Å². The molecule has 25 heavy (non-hydrogen) atoms. The molecule has 2 aromatic carbocycles. The van der Waals surface area contributed by atoms with Gasteiger partial charge in [-0.05, 0) is 60.9 Å². The van der Waals surface area contributed by atoms with Crippen LogP contribution >= 0.6 is 0 Å². The first-order valence-corrected chi connectivity index (χ1v) is 9.36. The molecular weight excluding hydrogens is 301 g/mol. The number of rotatable bonds is 3. The second kappa shape index (κ2) is 6.67. The summed E-state index contributed by atoms with van der Waals surface area (Å²) in [7, 11) is 6.14. The van der Waals surface area contributed by atoms with Crippen LogP contribution in [0.2, 0.25) is 0 Å². The molecular formula is C23H24BN. The van der Waals surface area contributed by atoms with Crippen molar-refractivity contribution in [3.63, 3.8) is 0 Å². The van der Waals surface area contributed by atoms with Gasteiger partial charge in [-0.2, -0.15) is 0 Å². The Morgan fingerprint density at radius 1 is 0.960 bits per heavy atom. The molecule has 0 unspecified atom stereocenters. The molecule has 1 saturated carbocycles. The van der Waals surface area contributed by atoms with E-state index in [1.54, 1.807) is 0 Å². The predicted molar refractivity (Wildman–Crippen MR) is 108 cm³/mol. The number of hydrogen-bond donors (Lipinski definition) is 0. The lowest BCUT2D eigenvalue weighted by Crippen LogP contribution is -2.09. The fourth-order valence-corrected chi connectivity index (χ4v) is 4.33. The maximum Gasteiger partial charge on any atom is 0.141 e. The van der Waals surface area contributed by atoms with Crippen LogP contribution in [-0.4, -0.2) is 12.8 Å². The molecule has 0 atom stereocenters. The Morgan fingerprint density at radius 3 is 2.40 bits per heavy atom. The van der Waals surface area contributed by atoms with Gasteiger partial charge in [0.1, 0.15) is 7.85 Å². The van der Waals surface area contributed by atoms with Gasteiger partial charge >= 0.3 is 0 Å². The van der Waals surface area contributed by atoms with Crippen LogP contribution in [0.5, 0.6) is 0 Å². The van der Waals surface area contributed by atoms with Crippen molar-refractivity contribution >= 4 is 24.2 Å². The van der Waals surface area contributed by atoms with E-state index < -0.39 is 0 Å². The number of hydrogen-bond acceptors (Lipinski definition) is 1. The zero-order valence-corrected chi connectivity index (χ0v) is 15.2. The van der Waals surface area contributed by atoms with Gasteiger partial charge in [0, 0.05) is 10.9 Å². The first-order valence-electron chi connectivity index (χ1n) is 9.36. The van der Waals surface area contributed by atoms with Gasteiger partial charge in [-0.15, -0.1) is 0 Å². The number of benzene rings is 2. The van der Waals surface area contributed by atoms with Crippen molar-refractivity contribution in [2.75, 3.05) is 0 Å². The molecule has 0 bridgehead atoms. The maximum atomic E-state index is 6.14. The average molecular weight is 325 g/mol. The van der Waals surface area contributed by atoms with Gasteiger partial charge in [0.25, 0.3) is 0 Å². The second-order valence-electron chi connectivity index (χ2n) is 7.68. The molecule has 1 aromatic heterocycles. The summed E-state index contributed by atoms with van der Waals surface area (Å²) >= 11 is 0. The van der Waals surface area contributed by atoms with Crippen LogP contribution in [0.4, 0.5) is 0 Å². The highest BCUT2D eigenvalue weighted by Crippen LogP contribution is 2.31. The third-order valence-electron chi connectivity index (χ3n) is 5.41. The summed E-state index contributed by atoms with van der Waals surface area (Å²) in [5.74, 6) is 0.857. The summed E-state index contributed by atoms with van der Waals surface area (Å²) in [5.41, 5.74) is 6.68. The van der Waals surface area contributed by atoms with Crippen LogP contribution in [0, 0.1) is 19.8 Å². The van der Waals surface area contributed by atoms with Crippen molar-refractivity contribution in [1.29, 1.82) is 0 Å². The molecule has 1 aliphatic rings. The highest BCUT2D eigenvalue weighted by atomic mass is 14.7. The van der Waals surface area contributed by atoms with Crippen molar-refractivity contribution in [2.45, 2.75) is 46.0 Å². The van der Waals surface area contributed by atoms with Crippen LogP contribution in [0.1, 0.15) is 42.4 Å². The Labute approximate surface area is 151 Å². The molecule has 1 aliphatic carbocycles. The van der Waals surface area contributed by atoms with E-state index in [2.05, 4.69) is 55.2 Å². The molecule has 0 N–H and O–H groups in total. The van der Waals surface area contributed by atoms with Gasteiger partial charge in [-0.1, -0.05) is 61.1 Å².